The molecular formula is C11H12N2O4. The first-order valence-electron chi connectivity index (χ1n) is 5.07. The predicted octanol–water partition coefficient (Wildman–Crippen LogP) is 0.210. The lowest BCUT2D eigenvalue weighted by Gasteiger charge is -2.36. The molecule has 2 rings (SSSR count). The fourth-order valence-corrected chi connectivity index (χ4v) is 1.53. The van der Waals surface area contributed by atoms with Crippen molar-refractivity contribution < 1.29 is 19.1 Å². The predicted molar refractivity (Wildman–Crippen MR) is 58.1 cm³/mol. The second kappa shape index (κ2) is 4.50. The molecule has 1 aliphatic heterocycles. The van der Waals surface area contributed by atoms with Gasteiger partial charge in [-0.25, -0.2) is 0 Å². The zero-order valence-corrected chi connectivity index (χ0v) is 9.30. The Labute approximate surface area is 97.9 Å². The van der Waals surface area contributed by atoms with Crippen LogP contribution in [0.3, 0.4) is 0 Å². The number of amides is 1. The number of hydrogen-bond acceptors (Lipinski definition) is 5. The molecule has 0 unspecified atom stereocenters. The van der Waals surface area contributed by atoms with Crippen LogP contribution in [0.25, 0.3) is 0 Å². The van der Waals surface area contributed by atoms with Crippen molar-refractivity contribution in [3.8, 4) is 0 Å². The second-order valence-corrected chi connectivity index (χ2v) is 3.76. The lowest BCUT2D eigenvalue weighted by Crippen LogP contribution is -2.57. The van der Waals surface area contributed by atoms with Crippen LogP contribution in [0.4, 0.5) is 5.69 Å². The third-order valence-corrected chi connectivity index (χ3v) is 2.65. The number of ether oxygens (including phenoxy) is 2. The molecule has 6 nitrogen and oxygen atoms in total. The van der Waals surface area contributed by atoms with Crippen molar-refractivity contribution in [1.82, 2.24) is 4.98 Å². The molecule has 0 radical (unpaired) electrons. The highest BCUT2D eigenvalue weighted by Crippen LogP contribution is 2.30. The van der Waals surface area contributed by atoms with Gasteiger partial charge in [-0.05, 0) is 12.1 Å². The van der Waals surface area contributed by atoms with Crippen LogP contribution < -0.4 is 5.32 Å². The van der Waals surface area contributed by atoms with Gasteiger partial charge >= 0.3 is 5.97 Å². The SMILES string of the molecule is COC(=O)C1(C(=O)Nc2ccncc2)COC1. The molecule has 2 heterocycles. The molecule has 1 saturated heterocycles. The minimum atomic E-state index is -1.21. The van der Waals surface area contributed by atoms with Gasteiger partial charge in [-0.15, -0.1) is 0 Å². The summed E-state index contributed by atoms with van der Waals surface area (Å²) in [7, 11) is 1.25. The fraction of sp³-hybridized carbons (Fsp3) is 0.364. The van der Waals surface area contributed by atoms with E-state index in [2.05, 4.69) is 15.0 Å². The van der Waals surface area contributed by atoms with Crippen molar-refractivity contribution in [2.45, 2.75) is 0 Å². The zero-order valence-electron chi connectivity index (χ0n) is 9.30. The maximum Gasteiger partial charge on any atom is 0.326 e. The third-order valence-electron chi connectivity index (χ3n) is 2.65. The van der Waals surface area contributed by atoms with E-state index in [0.29, 0.717) is 5.69 Å². The monoisotopic (exact) mass is 236 g/mol. The number of rotatable bonds is 3. The Hall–Kier alpha value is -1.95. The minimum Gasteiger partial charge on any atom is -0.468 e. The molecule has 90 valence electrons. The smallest absolute Gasteiger partial charge is 0.326 e. The molecule has 0 atom stereocenters. The molecule has 1 aromatic heterocycles. The highest BCUT2D eigenvalue weighted by Gasteiger charge is 2.54. The molecule has 0 spiro atoms. The van der Waals surface area contributed by atoms with Gasteiger partial charge in [0.1, 0.15) is 0 Å². The Morgan fingerprint density at radius 1 is 1.41 bits per heavy atom. The number of hydrogen-bond donors (Lipinski definition) is 1. The van der Waals surface area contributed by atoms with Crippen LogP contribution in [0, 0.1) is 5.41 Å². The van der Waals surface area contributed by atoms with E-state index in [4.69, 9.17) is 4.74 Å². The van der Waals surface area contributed by atoms with Crippen LogP contribution in [-0.4, -0.2) is 37.2 Å². The Morgan fingerprint density at radius 3 is 2.53 bits per heavy atom. The molecule has 1 N–H and O–H groups in total. The summed E-state index contributed by atoms with van der Waals surface area (Å²) in [4.78, 5) is 27.4. The molecule has 1 fully saturated rings. The lowest BCUT2D eigenvalue weighted by molar-refractivity contribution is -0.185. The largest absolute Gasteiger partial charge is 0.468 e. The Morgan fingerprint density at radius 2 is 2.06 bits per heavy atom. The van der Waals surface area contributed by atoms with Crippen LogP contribution in [0.2, 0.25) is 0 Å². The van der Waals surface area contributed by atoms with Gasteiger partial charge in [0.2, 0.25) is 5.91 Å². The third kappa shape index (κ3) is 1.99. The van der Waals surface area contributed by atoms with Crippen molar-refractivity contribution in [3.05, 3.63) is 24.5 Å². The normalized spacial score (nSPS) is 16.8. The maximum absolute atomic E-state index is 12.0. The number of carbonyl (C=O) groups excluding carboxylic acids is 2. The van der Waals surface area contributed by atoms with Crippen molar-refractivity contribution in [2.24, 2.45) is 5.41 Å². The first-order chi connectivity index (χ1) is 8.19. The number of carbonyl (C=O) groups is 2. The molecule has 0 saturated carbocycles. The van der Waals surface area contributed by atoms with Gasteiger partial charge in [0.05, 0.1) is 20.3 Å². The Bertz CT molecular complexity index is 428. The average molecular weight is 236 g/mol. The summed E-state index contributed by atoms with van der Waals surface area (Å²) in [6.07, 6.45) is 3.11. The van der Waals surface area contributed by atoms with E-state index < -0.39 is 17.3 Å². The van der Waals surface area contributed by atoms with Crippen molar-refractivity contribution in [3.63, 3.8) is 0 Å². The highest BCUT2D eigenvalue weighted by molar-refractivity contribution is 6.09. The van der Waals surface area contributed by atoms with Crippen LogP contribution >= 0.6 is 0 Å². The van der Waals surface area contributed by atoms with E-state index in [1.165, 1.54) is 7.11 Å². The summed E-state index contributed by atoms with van der Waals surface area (Å²) in [5.41, 5.74) is -0.627. The number of nitrogens with one attached hydrogen (secondary N) is 1. The molecule has 0 aromatic carbocycles. The van der Waals surface area contributed by atoms with Crippen LogP contribution in [0.1, 0.15) is 0 Å². The topological polar surface area (TPSA) is 77.5 Å². The number of methoxy groups -OCH3 is 1. The number of nitrogens with zero attached hydrogens (tertiary/aromatic N) is 1. The molecular weight excluding hydrogens is 224 g/mol. The van der Waals surface area contributed by atoms with Gasteiger partial charge in [0.15, 0.2) is 5.41 Å². The van der Waals surface area contributed by atoms with Crippen molar-refractivity contribution >= 4 is 17.6 Å². The van der Waals surface area contributed by atoms with E-state index in [-0.39, 0.29) is 13.2 Å². The molecule has 1 aromatic rings. The summed E-state index contributed by atoms with van der Waals surface area (Å²) in [6, 6.07) is 3.28. The van der Waals surface area contributed by atoms with Gasteiger partial charge in [0.25, 0.3) is 0 Å². The van der Waals surface area contributed by atoms with E-state index in [1.54, 1.807) is 24.5 Å². The zero-order chi connectivity index (χ0) is 12.3. The molecule has 1 aliphatic rings. The van der Waals surface area contributed by atoms with Gasteiger partial charge in [-0.1, -0.05) is 0 Å². The first-order valence-corrected chi connectivity index (χ1v) is 5.07. The lowest BCUT2D eigenvalue weighted by atomic mass is 9.85. The summed E-state index contributed by atoms with van der Waals surface area (Å²) in [5, 5.41) is 2.64. The molecule has 1 amide bonds. The van der Waals surface area contributed by atoms with E-state index >= 15 is 0 Å². The molecule has 17 heavy (non-hydrogen) atoms. The Balaban J connectivity index is 2.11. The number of esters is 1. The van der Waals surface area contributed by atoms with E-state index in [9.17, 15) is 9.59 Å². The van der Waals surface area contributed by atoms with Gasteiger partial charge in [-0.2, -0.15) is 0 Å². The second-order valence-electron chi connectivity index (χ2n) is 3.76. The standard InChI is InChI=1S/C11H12N2O4/c1-16-10(15)11(6-17-7-11)9(14)13-8-2-4-12-5-3-8/h2-5H,6-7H2,1H3,(H,12,13,14). The summed E-state index contributed by atoms with van der Waals surface area (Å²) in [5.74, 6) is -0.989. The summed E-state index contributed by atoms with van der Waals surface area (Å²) in [6.45, 7) is 0.104. The number of aromatic nitrogens is 1. The van der Waals surface area contributed by atoms with Crippen molar-refractivity contribution in [2.75, 3.05) is 25.6 Å². The van der Waals surface area contributed by atoms with E-state index in [1.807, 2.05) is 0 Å². The van der Waals surface area contributed by atoms with E-state index in [0.717, 1.165) is 0 Å². The van der Waals surface area contributed by atoms with Crippen LogP contribution in [-0.2, 0) is 19.1 Å². The number of pyridine rings is 1. The van der Waals surface area contributed by atoms with Crippen LogP contribution in [0.15, 0.2) is 24.5 Å². The van der Waals surface area contributed by atoms with Gasteiger partial charge < -0.3 is 14.8 Å². The molecule has 6 heteroatoms. The molecule has 0 aliphatic carbocycles. The molecule has 0 bridgehead atoms. The Kier molecular flexibility index (Phi) is 3.06. The fourth-order valence-electron chi connectivity index (χ4n) is 1.53. The van der Waals surface area contributed by atoms with Crippen molar-refractivity contribution in [1.29, 1.82) is 0 Å². The first kappa shape index (κ1) is 11.5. The summed E-state index contributed by atoms with van der Waals surface area (Å²) >= 11 is 0. The van der Waals surface area contributed by atoms with Gasteiger partial charge in [-0.3, -0.25) is 14.6 Å². The van der Waals surface area contributed by atoms with Gasteiger partial charge in [0, 0.05) is 18.1 Å². The maximum atomic E-state index is 12.0. The minimum absolute atomic E-state index is 0.0522. The summed E-state index contributed by atoms with van der Waals surface area (Å²) < 4.78 is 9.57. The number of anilines is 1. The quantitative estimate of drug-likeness (QED) is 0.599. The average Bonchev–Trinajstić information content (AvgIpc) is 2.28. The van der Waals surface area contributed by atoms with Crippen LogP contribution in [0.5, 0.6) is 0 Å². The highest BCUT2D eigenvalue weighted by atomic mass is 16.5.